The minimum atomic E-state index is -0.814. The van der Waals surface area contributed by atoms with Gasteiger partial charge in [-0.05, 0) is 25.2 Å². The first-order valence-corrected chi connectivity index (χ1v) is 9.37. The Morgan fingerprint density at radius 2 is 2.00 bits per heavy atom. The van der Waals surface area contributed by atoms with Crippen molar-refractivity contribution in [2.45, 2.75) is 70.8 Å². The average Bonchev–Trinajstić information content (AvgIpc) is 2.63. The van der Waals surface area contributed by atoms with Gasteiger partial charge in [-0.25, -0.2) is 0 Å². The lowest BCUT2D eigenvalue weighted by Crippen LogP contribution is -2.40. The van der Waals surface area contributed by atoms with Gasteiger partial charge in [-0.3, -0.25) is 14.3 Å². The third-order valence-corrected chi connectivity index (χ3v) is 5.34. The Labute approximate surface area is 126 Å². The van der Waals surface area contributed by atoms with Gasteiger partial charge in [0.2, 0.25) is 5.91 Å². The van der Waals surface area contributed by atoms with Crippen LogP contribution < -0.4 is 5.32 Å². The summed E-state index contributed by atoms with van der Waals surface area (Å²) in [5, 5.41) is 3.62. The molecular weight excluding hydrogens is 272 g/mol. The molecule has 0 radical (unpaired) electrons. The number of hydrogen-bond acceptors (Lipinski definition) is 3. The van der Waals surface area contributed by atoms with Crippen LogP contribution in [0.2, 0.25) is 0 Å². The van der Waals surface area contributed by atoms with Crippen molar-refractivity contribution in [3.63, 3.8) is 0 Å². The van der Waals surface area contributed by atoms with E-state index in [1.807, 2.05) is 11.8 Å². The zero-order chi connectivity index (χ0) is 15.3. The van der Waals surface area contributed by atoms with Crippen LogP contribution in [0.3, 0.4) is 0 Å². The molecule has 0 aliphatic carbocycles. The lowest BCUT2D eigenvalue weighted by Gasteiger charge is -2.26. The first-order chi connectivity index (χ1) is 9.36. The molecule has 4 nitrogen and oxygen atoms in total. The van der Waals surface area contributed by atoms with Crippen LogP contribution in [0.1, 0.15) is 53.4 Å². The van der Waals surface area contributed by atoms with Crippen LogP contribution in [0.4, 0.5) is 0 Å². The summed E-state index contributed by atoms with van der Waals surface area (Å²) >= 11 is 0. The van der Waals surface area contributed by atoms with Crippen LogP contribution in [-0.2, 0) is 15.6 Å². The van der Waals surface area contributed by atoms with E-state index in [0.717, 1.165) is 25.7 Å². The highest BCUT2D eigenvalue weighted by Gasteiger charge is 2.38. The van der Waals surface area contributed by atoms with Crippen molar-refractivity contribution in [1.29, 1.82) is 0 Å². The Bertz CT molecular complexity index is 347. The van der Waals surface area contributed by atoms with Crippen molar-refractivity contribution < 1.29 is 9.00 Å². The molecule has 1 fully saturated rings. The van der Waals surface area contributed by atoms with Crippen LogP contribution in [0.15, 0.2) is 0 Å². The van der Waals surface area contributed by atoms with Crippen LogP contribution >= 0.6 is 0 Å². The molecule has 0 aromatic heterocycles. The van der Waals surface area contributed by atoms with Crippen LogP contribution in [0, 0.1) is 5.92 Å². The SMILES string of the molecule is CCCC1NC(CC(C)C)N(CCC(C)S(C)=O)C1=O. The normalized spacial score (nSPS) is 26.3. The standard InChI is InChI=1S/C15H30N2O2S/c1-6-7-13-15(18)17(9-8-12(4)20(5)19)14(16-13)10-11(2)3/h11-14,16H,6-10H2,1-5H3. The van der Waals surface area contributed by atoms with Gasteiger partial charge in [-0.2, -0.15) is 0 Å². The molecule has 4 unspecified atom stereocenters. The fourth-order valence-corrected chi connectivity index (χ4v) is 3.07. The van der Waals surface area contributed by atoms with Crippen LogP contribution in [-0.4, -0.2) is 45.3 Å². The van der Waals surface area contributed by atoms with Gasteiger partial charge in [0, 0.05) is 28.9 Å². The highest BCUT2D eigenvalue weighted by molar-refractivity contribution is 7.84. The molecule has 0 saturated carbocycles. The number of nitrogens with zero attached hydrogens (tertiary/aromatic N) is 1. The van der Waals surface area contributed by atoms with Gasteiger partial charge >= 0.3 is 0 Å². The van der Waals surface area contributed by atoms with Gasteiger partial charge in [0.05, 0.1) is 12.2 Å². The van der Waals surface area contributed by atoms with Crippen LogP contribution in [0.5, 0.6) is 0 Å². The molecule has 1 heterocycles. The minimum absolute atomic E-state index is 0.0221. The molecule has 0 aromatic carbocycles. The molecule has 5 heteroatoms. The molecule has 0 bridgehead atoms. The van der Waals surface area contributed by atoms with Gasteiger partial charge in [-0.15, -0.1) is 0 Å². The fourth-order valence-electron chi connectivity index (χ4n) is 2.64. The predicted octanol–water partition coefficient (Wildman–Crippen LogP) is 2.12. The van der Waals surface area contributed by atoms with Gasteiger partial charge in [0.1, 0.15) is 0 Å². The van der Waals surface area contributed by atoms with E-state index in [2.05, 4.69) is 26.1 Å². The van der Waals surface area contributed by atoms with Crippen molar-refractivity contribution >= 4 is 16.7 Å². The Kier molecular flexibility index (Phi) is 7.17. The largest absolute Gasteiger partial charge is 0.326 e. The van der Waals surface area contributed by atoms with E-state index in [4.69, 9.17) is 0 Å². The second kappa shape index (κ2) is 8.13. The smallest absolute Gasteiger partial charge is 0.241 e. The molecule has 4 atom stereocenters. The van der Waals surface area contributed by atoms with E-state index in [0.29, 0.717) is 12.5 Å². The fraction of sp³-hybridized carbons (Fsp3) is 0.933. The Morgan fingerprint density at radius 3 is 2.50 bits per heavy atom. The Morgan fingerprint density at radius 1 is 1.35 bits per heavy atom. The van der Waals surface area contributed by atoms with E-state index in [1.54, 1.807) is 6.26 Å². The van der Waals surface area contributed by atoms with E-state index in [-0.39, 0.29) is 23.4 Å². The average molecular weight is 302 g/mol. The maximum Gasteiger partial charge on any atom is 0.241 e. The van der Waals surface area contributed by atoms with Gasteiger partial charge in [0.15, 0.2) is 0 Å². The second-order valence-electron chi connectivity index (χ2n) is 6.28. The predicted molar refractivity (Wildman–Crippen MR) is 84.9 cm³/mol. The van der Waals surface area contributed by atoms with Crippen molar-refractivity contribution in [1.82, 2.24) is 10.2 Å². The molecule has 1 aliphatic heterocycles. The van der Waals surface area contributed by atoms with Crippen LogP contribution in [0.25, 0.3) is 0 Å². The third kappa shape index (κ3) is 4.85. The summed E-state index contributed by atoms with van der Waals surface area (Å²) in [7, 11) is -0.814. The minimum Gasteiger partial charge on any atom is -0.326 e. The third-order valence-electron chi connectivity index (χ3n) is 3.97. The summed E-state index contributed by atoms with van der Waals surface area (Å²) in [6.07, 6.45) is 5.59. The topological polar surface area (TPSA) is 49.4 Å². The molecule has 1 amide bonds. The Hall–Kier alpha value is -0.420. The molecule has 0 spiro atoms. The molecule has 118 valence electrons. The summed E-state index contributed by atoms with van der Waals surface area (Å²) < 4.78 is 11.4. The lowest BCUT2D eigenvalue weighted by atomic mass is 10.1. The second-order valence-corrected chi connectivity index (χ2v) is 8.08. The van der Waals surface area contributed by atoms with E-state index < -0.39 is 10.8 Å². The van der Waals surface area contributed by atoms with Gasteiger partial charge in [0.25, 0.3) is 0 Å². The molecule has 1 N–H and O–H groups in total. The van der Waals surface area contributed by atoms with E-state index in [9.17, 15) is 9.00 Å². The van der Waals surface area contributed by atoms with E-state index >= 15 is 0 Å². The molecule has 1 rings (SSSR count). The van der Waals surface area contributed by atoms with Gasteiger partial charge < -0.3 is 4.90 Å². The van der Waals surface area contributed by atoms with Crippen molar-refractivity contribution in [2.24, 2.45) is 5.92 Å². The molecule has 1 aliphatic rings. The molecule has 20 heavy (non-hydrogen) atoms. The quantitative estimate of drug-likeness (QED) is 0.747. The van der Waals surface area contributed by atoms with Crippen molar-refractivity contribution in [3.05, 3.63) is 0 Å². The summed E-state index contributed by atoms with van der Waals surface area (Å²) in [6.45, 7) is 9.18. The number of hydrogen-bond donors (Lipinski definition) is 1. The first kappa shape index (κ1) is 17.6. The number of nitrogens with one attached hydrogen (secondary N) is 1. The monoisotopic (exact) mass is 302 g/mol. The zero-order valence-corrected chi connectivity index (χ0v) is 14.3. The number of amides is 1. The number of carbonyl (C=O) groups excluding carboxylic acids is 1. The van der Waals surface area contributed by atoms with Crippen molar-refractivity contribution in [3.8, 4) is 0 Å². The summed E-state index contributed by atoms with van der Waals surface area (Å²) in [5.74, 6) is 0.785. The maximum atomic E-state index is 12.5. The number of carbonyl (C=O) groups is 1. The summed E-state index contributed by atoms with van der Waals surface area (Å²) in [5.41, 5.74) is 0. The zero-order valence-electron chi connectivity index (χ0n) is 13.5. The highest BCUT2D eigenvalue weighted by atomic mass is 32.2. The molecular formula is C15H30N2O2S. The summed E-state index contributed by atoms with van der Waals surface area (Å²) in [4.78, 5) is 14.4. The number of rotatable bonds is 8. The maximum absolute atomic E-state index is 12.5. The lowest BCUT2D eigenvalue weighted by molar-refractivity contribution is -0.130. The van der Waals surface area contributed by atoms with E-state index in [1.165, 1.54) is 0 Å². The van der Waals surface area contributed by atoms with Crippen molar-refractivity contribution in [2.75, 3.05) is 12.8 Å². The van der Waals surface area contributed by atoms with Gasteiger partial charge in [-0.1, -0.05) is 34.1 Å². The highest BCUT2D eigenvalue weighted by Crippen LogP contribution is 2.21. The molecule has 1 saturated heterocycles. The molecule has 0 aromatic rings. The first-order valence-electron chi connectivity index (χ1n) is 7.75. The summed E-state index contributed by atoms with van der Waals surface area (Å²) in [6, 6.07) is -0.0221. The Balaban J connectivity index is 2.66.